The number of aromatic nitrogens is 2. The first kappa shape index (κ1) is 13.9. The van der Waals surface area contributed by atoms with E-state index in [1.165, 1.54) is 6.07 Å². The summed E-state index contributed by atoms with van der Waals surface area (Å²) in [5.74, 6) is 0. The van der Waals surface area contributed by atoms with Crippen molar-refractivity contribution in [3.05, 3.63) is 63.5 Å². The Bertz CT molecular complexity index is 912. The van der Waals surface area contributed by atoms with Crippen LogP contribution in [0.25, 0.3) is 16.9 Å². The molecule has 0 amide bonds. The third kappa shape index (κ3) is 2.05. The van der Waals surface area contributed by atoms with Gasteiger partial charge in [-0.3, -0.25) is 19.3 Å². The Labute approximate surface area is 126 Å². The second kappa shape index (κ2) is 5.07. The number of rotatable bonds is 3. The summed E-state index contributed by atoms with van der Waals surface area (Å²) in [6.07, 6.45) is 2.48. The number of carbonyl (C=O) groups is 1. The Kier molecular flexibility index (Phi) is 3.21. The van der Waals surface area contributed by atoms with Gasteiger partial charge >= 0.3 is 0 Å². The van der Waals surface area contributed by atoms with E-state index >= 15 is 0 Å². The minimum absolute atomic E-state index is 0.0168. The third-order valence-corrected chi connectivity index (χ3v) is 3.67. The number of nitrogens with zero attached hydrogens (tertiary/aromatic N) is 3. The van der Waals surface area contributed by atoms with Gasteiger partial charge in [-0.1, -0.05) is 18.2 Å². The number of hydrogen-bond donors (Lipinski definition) is 0. The van der Waals surface area contributed by atoms with E-state index in [1.54, 1.807) is 29.7 Å². The molecule has 0 radical (unpaired) electrons. The Morgan fingerprint density at radius 1 is 1.23 bits per heavy atom. The number of aryl methyl sites for hydroxylation is 2. The number of nitro groups is 1. The zero-order valence-corrected chi connectivity index (χ0v) is 12.1. The first-order chi connectivity index (χ1) is 10.5. The molecule has 0 aliphatic heterocycles. The maximum absolute atomic E-state index is 11.5. The minimum atomic E-state index is -0.430. The van der Waals surface area contributed by atoms with Crippen molar-refractivity contribution in [2.75, 3.05) is 0 Å². The molecule has 0 unspecified atom stereocenters. The fraction of sp³-hybridized carbons (Fsp3) is 0.125. The van der Waals surface area contributed by atoms with Crippen LogP contribution in [0.1, 0.15) is 21.6 Å². The highest BCUT2D eigenvalue weighted by Gasteiger charge is 2.18. The van der Waals surface area contributed by atoms with Gasteiger partial charge in [0.2, 0.25) is 0 Å². The van der Waals surface area contributed by atoms with E-state index in [1.807, 2.05) is 19.1 Å². The van der Waals surface area contributed by atoms with Crippen molar-refractivity contribution < 1.29 is 9.72 Å². The van der Waals surface area contributed by atoms with Gasteiger partial charge in [0.05, 0.1) is 4.92 Å². The van der Waals surface area contributed by atoms with Crippen LogP contribution in [0.15, 0.2) is 36.5 Å². The molecule has 110 valence electrons. The molecule has 6 nitrogen and oxygen atoms in total. The topological polar surface area (TPSA) is 77.5 Å². The molecule has 0 fully saturated rings. The number of nitro benzene ring substituents is 1. The Hall–Kier alpha value is -3.02. The van der Waals surface area contributed by atoms with E-state index < -0.39 is 4.92 Å². The van der Waals surface area contributed by atoms with Crippen molar-refractivity contribution in [3.8, 4) is 11.3 Å². The Balaban J connectivity index is 2.31. The fourth-order valence-corrected chi connectivity index (χ4v) is 2.50. The third-order valence-electron chi connectivity index (χ3n) is 3.67. The average Bonchev–Trinajstić information content (AvgIpc) is 2.87. The molecule has 3 aromatic rings. The van der Waals surface area contributed by atoms with Crippen LogP contribution in [0.2, 0.25) is 0 Å². The van der Waals surface area contributed by atoms with Crippen LogP contribution in [-0.2, 0) is 0 Å². The molecular weight excluding hydrogens is 282 g/mol. The van der Waals surface area contributed by atoms with Gasteiger partial charge in [-0.15, -0.1) is 0 Å². The number of hydrogen-bond acceptors (Lipinski definition) is 4. The zero-order valence-electron chi connectivity index (χ0n) is 12.1. The summed E-state index contributed by atoms with van der Waals surface area (Å²) in [7, 11) is 0. The number of carbonyl (C=O) groups excluding carboxylic acids is 1. The van der Waals surface area contributed by atoms with E-state index in [4.69, 9.17) is 0 Å². The second-order valence-corrected chi connectivity index (χ2v) is 5.11. The quantitative estimate of drug-likeness (QED) is 0.422. The molecule has 0 saturated heterocycles. The van der Waals surface area contributed by atoms with Crippen molar-refractivity contribution in [2.45, 2.75) is 13.8 Å². The van der Waals surface area contributed by atoms with Crippen LogP contribution in [0.3, 0.4) is 0 Å². The lowest BCUT2D eigenvalue weighted by atomic mass is 10.1. The smallest absolute Gasteiger partial charge is 0.272 e. The van der Waals surface area contributed by atoms with Gasteiger partial charge in [0.1, 0.15) is 17.0 Å². The van der Waals surface area contributed by atoms with Crippen LogP contribution in [-0.4, -0.2) is 20.6 Å². The highest BCUT2D eigenvalue weighted by atomic mass is 16.6. The summed E-state index contributed by atoms with van der Waals surface area (Å²) in [5.41, 5.74) is 3.58. The van der Waals surface area contributed by atoms with E-state index in [9.17, 15) is 14.9 Å². The minimum Gasteiger partial charge on any atom is -0.297 e. The van der Waals surface area contributed by atoms with Crippen molar-refractivity contribution in [1.82, 2.24) is 9.38 Å². The van der Waals surface area contributed by atoms with Gasteiger partial charge < -0.3 is 0 Å². The predicted octanol–water partition coefficient (Wildman–Crippen LogP) is 3.34. The highest BCUT2D eigenvalue weighted by molar-refractivity contribution is 5.87. The highest BCUT2D eigenvalue weighted by Crippen LogP contribution is 2.29. The molecule has 6 heteroatoms. The summed E-state index contributed by atoms with van der Waals surface area (Å²) in [6.45, 7) is 3.58. The lowest BCUT2D eigenvalue weighted by Crippen LogP contribution is -1.95. The van der Waals surface area contributed by atoms with Gasteiger partial charge in [-0.25, -0.2) is 4.98 Å². The molecule has 0 saturated carbocycles. The molecule has 0 N–H and O–H groups in total. The molecular formula is C16H13N3O3. The van der Waals surface area contributed by atoms with Crippen LogP contribution in [0, 0.1) is 24.0 Å². The van der Waals surface area contributed by atoms with Crippen molar-refractivity contribution in [1.29, 1.82) is 0 Å². The van der Waals surface area contributed by atoms with Gasteiger partial charge in [0.25, 0.3) is 5.69 Å². The zero-order chi connectivity index (χ0) is 15.9. The SMILES string of the molecule is Cc1ccc(-c2nc3c(C)cccn3c2C=O)cc1[N+](=O)[O-]. The standard InChI is InChI=1S/C16H13N3O3/c1-10-5-6-12(8-13(10)19(21)22)15-14(9-20)18-7-3-4-11(2)16(18)17-15/h3-9H,1-2H3. The summed E-state index contributed by atoms with van der Waals surface area (Å²) in [6, 6.07) is 8.60. The van der Waals surface area contributed by atoms with Gasteiger partial charge in [-0.05, 0) is 25.5 Å². The molecule has 22 heavy (non-hydrogen) atoms. The number of fused-ring (bicyclic) bond motifs is 1. The van der Waals surface area contributed by atoms with Crippen molar-refractivity contribution in [2.24, 2.45) is 0 Å². The van der Waals surface area contributed by atoms with Crippen molar-refractivity contribution >= 4 is 17.6 Å². The summed E-state index contributed by atoms with van der Waals surface area (Å²) < 4.78 is 1.70. The molecule has 1 aromatic carbocycles. The second-order valence-electron chi connectivity index (χ2n) is 5.11. The molecule has 2 heterocycles. The van der Waals surface area contributed by atoms with E-state index in [0.29, 0.717) is 28.2 Å². The van der Waals surface area contributed by atoms with E-state index in [-0.39, 0.29) is 5.69 Å². The van der Waals surface area contributed by atoms with E-state index in [0.717, 1.165) is 11.8 Å². The molecule has 0 spiro atoms. The van der Waals surface area contributed by atoms with Crippen molar-refractivity contribution in [3.63, 3.8) is 0 Å². The first-order valence-corrected chi connectivity index (χ1v) is 6.71. The number of aldehydes is 1. The normalized spacial score (nSPS) is 10.8. The van der Waals surface area contributed by atoms with Gasteiger partial charge in [-0.2, -0.15) is 0 Å². The number of imidazole rings is 1. The summed E-state index contributed by atoms with van der Waals surface area (Å²) in [4.78, 5) is 26.6. The molecule has 3 rings (SSSR count). The molecule has 0 aliphatic carbocycles. The van der Waals surface area contributed by atoms with Crippen LogP contribution in [0.4, 0.5) is 5.69 Å². The Morgan fingerprint density at radius 2 is 2.00 bits per heavy atom. The number of benzene rings is 1. The molecule has 0 bridgehead atoms. The monoisotopic (exact) mass is 295 g/mol. The summed E-state index contributed by atoms with van der Waals surface area (Å²) >= 11 is 0. The predicted molar refractivity (Wildman–Crippen MR) is 82.1 cm³/mol. The van der Waals surface area contributed by atoms with E-state index in [2.05, 4.69) is 4.98 Å². The lowest BCUT2D eigenvalue weighted by molar-refractivity contribution is -0.385. The Morgan fingerprint density at radius 3 is 2.68 bits per heavy atom. The van der Waals surface area contributed by atoms with Crippen LogP contribution >= 0.6 is 0 Å². The van der Waals surface area contributed by atoms with Gasteiger partial charge in [0, 0.05) is 23.4 Å². The largest absolute Gasteiger partial charge is 0.297 e. The average molecular weight is 295 g/mol. The molecule has 2 aromatic heterocycles. The van der Waals surface area contributed by atoms with Crippen LogP contribution < -0.4 is 0 Å². The maximum atomic E-state index is 11.5. The molecule has 0 atom stereocenters. The van der Waals surface area contributed by atoms with Crippen LogP contribution in [0.5, 0.6) is 0 Å². The number of pyridine rings is 1. The fourth-order valence-electron chi connectivity index (χ4n) is 2.50. The maximum Gasteiger partial charge on any atom is 0.272 e. The van der Waals surface area contributed by atoms with Gasteiger partial charge in [0.15, 0.2) is 6.29 Å². The summed E-state index contributed by atoms with van der Waals surface area (Å²) in [5, 5.41) is 11.1. The first-order valence-electron chi connectivity index (χ1n) is 6.71. The lowest BCUT2D eigenvalue weighted by Gasteiger charge is -2.01. The molecule has 0 aliphatic rings.